The lowest BCUT2D eigenvalue weighted by atomic mass is 10.2. The molecule has 6 heteroatoms. The van der Waals surface area contributed by atoms with E-state index in [1.54, 1.807) is 23.5 Å². The average Bonchev–Trinajstić information content (AvgIpc) is 2.72. The van der Waals surface area contributed by atoms with Crippen LogP contribution >= 0.6 is 27.3 Å². The van der Waals surface area contributed by atoms with E-state index >= 15 is 0 Å². The van der Waals surface area contributed by atoms with E-state index in [1.165, 1.54) is 11.8 Å². The van der Waals surface area contributed by atoms with Crippen molar-refractivity contribution in [1.29, 1.82) is 0 Å². The molecule has 0 saturated carbocycles. The van der Waals surface area contributed by atoms with Crippen molar-refractivity contribution in [2.24, 2.45) is 0 Å². The zero-order chi connectivity index (χ0) is 14.0. The Balaban J connectivity index is 2.20. The average molecular weight is 360 g/mol. The molecule has 3 nitrogen and oxygen atoms in total. The third-order valence-electron chi connectivity index (χ3n) is 2.74. The Labute approximate surface area is 125 Å². The Morgan fingerprint density at radius 2 is 2.05 bits per heavy atom. The minimum absolute atomic E-state index is 0.340. The van der Waals surface area contributed by atoms with E-state index in [-0.39, 0.29) is 0 Å². The monoisotopic (exact) mass is 359 g/mol. The number of hydrogen-bond acceptors (Lipinski definition) is 4. The molecule has 2 rings (SSSR count). The summed E-state index contributed by atoms with van der Waals surface area (Å²) in [6, 6.07) is 7.19. The van der Waals surface area contributed by atoms with Gasteiger partial charge in [0.1, 0.15) is 0 Å². The maximum Gasteiger partial charge on any atom is 0.175 e. The fourth-order valence-corrected chi connectivity index (χ4v) is 3.51. The fourth-order valence-electron chi connectivity index (χ4n) is 1.66. The topological polar surface area (TPSA) is 46.2 Å². The molecular formula is C13H14BrNO2S2. The first kappa shape index (κ1) is 14.6. The molecule has 0 bridgehead atoms. The highest BCUT2D eigenvalue weighted by atomic mass is 79.9. The number of aryl methyl sites for hydroxylation is 1. The molecular weight excluding hydrogens is 346 g/mol. The van der Waals surface area contributed by atoms with Crippen molar-refractivity contribution >= 4 is 42.8 Å². The number of anilines is 1. The summed E-state index contributed by atoms with van der Waals surface area (Å²) < 4.78 is 24.2. The van der Waals surface area contributed by atoms with Crippen LogP contribution in [0.4, 0.5) is 5.69 Å². The molecule has 2 aromatic rings. The molecule has 0 aliphatic heterocycles. The van der Waals surface area contributed by atoms with E-state index in [4.69, 9.17) is 0 Å². The molecule has 1 N–H and O–H groups in total. The number of thiophene rings is 1. The summed E-state index contributed by atoms with van der Waals surface area (Å²) in [5, 5.41) is 5.34. The minimum Gasteiger partial charge on any atom is -0.381 e. The summed E-state index contributed by atoms with van der Waals surface area (Å²) in [5.41, 5.74) is 3.05. The van der Waals surface area contributed by atoms with Crippen molar-refractivity contribution in [3.05, 3.63) is 44.6 Å². The van der Waals surface area contributed by atoms with Crippen LogP contribution in [0.15, 0.2) is 38.3 Å². The Kier molecular flexibility index (Phi) is 4.32. The van der Waals surface area contributed by atoms with Gasteiger partial charge in [-0.3, -0.25) is 0 Å². The van der Waals surface area contributed by atoms with Crippen LogP contribution in [0.1, 0.15) is 11.1 Å². The summed E-state index contributed by atoms with van der Waals surface area (Å²) in [7, 11) is -3.17. The molecule has 0 atom stereocenters. The number of hydrogen-bond donors (Lipinski definition) is 1. The van der Waals surface area contributed by atoms with Gasteiger partial charge in [0, 0.05) is 18.5 Å². The Bertz CT molecular complexity index is 692. The number of rotatable bonds is 4. The van der Waals surface area contributed by atoms with Crippen LogP contribution in [0, 0.1) is 6.92 Å². The van der Waals surface area contributed by atoms with Gasteiger partial charge < -0.3 is 5.32 Å². The van der Waals surface area contributed by atoms with Crippen LogP contribution in [0.3, 0.4) is 0 Å². The fraction of sp³-hybridized carbons (Fsp3) is 0.231. The van der Waals surface area contributed by atoms with E-state index in [2.05, 4.69) is 26.6 Å². The minimum atomic E-state index is -3.17. The molecule has 102 valence electrons. The predicted octanol–water partition coefficient (Wildman–Crippen LogP) is 3.83. The molecule has 0 fully saturated rings. The van der Waals surface area contributed by atoms with Crippen molar-refractivity contribution < 1.29 is 8.42 Å². The summed E-state index contributed by atoms with van der Waals surface area (Å²) in [5.74, 6) is 0. The van der Waals surface area contributed by atoms with Crippen molar-refractivity contribution in [3.63, 3.8) is 0 Å². The highest BCUT2D eigenvalue weighted by Crippen LogP contribution is 2.24. The third-order valence-corrected chi connectivity index (χ3v) is 5.41. The molecule has 19 heavy (non-hydrogen) atoms. The molecule has 0 saturated heterocycles. The molecule has 0 aliphatic rings. The van der Waals surface area contributed by atoms with E-state index in [0.29, 0.717) is 11.4 Å². The van der Waals surface area contributed by atoms with E-state index in [1.807, 2.05) is 19.1 Å². The molecule has 0 aliphatic carbocycles. The SMILES string of the molecule is Cc1ccc(S(C)(=O)=O)cc1NCc1csc(Br)c1. The first-order chi connectivity index (χ1) is 8.86. The number of sulfone groups is 1. The van der Waals surface area contributed by atoms with Gasteiger partial charge in [-0.15, -0.1) is 11.3 Å². The van der Waals surface area contributed by atoms with E-state index < -0.39 is 9.84 Å². The van der Waals surface area contributed by atoms with Crippen LogP contribution in [0.25, 0.3) is 0 Å². The zero-order valence-corrected chi connectivity index (χ0v) is 13.8. The molecule has 0 unspecified atom stereocenters. The predicted molar refractivity (Wildman–Crippen MR) is 83.6 cm³/mol. The Morgan fingerprint density at radius 1 is 1.32 bits per heavy atom. The van der Waals surface area contributed by atoms with Crippen LogP contribution in [-0.2, 0) is 16.4 Å². The Morgan fingerprint density at radius 3 is 2.63 bits per heavy atom. The largest absolute Gasteiger partial charge is 0.381 e. The highest BCUT2D eigenvalue weighted by molar-refractivity contribution is 9.11. The van der Waals surface area contributed by atoms with Gasteiger partial charge in [0.15, 0.2) is 9.84 Å². The smallest absolute Gasteiger partial charge is 0.175 e. The molecule has 0 spiro atoms. The molecule has 1 heterocycles. The first-order valence-electron chi connectivity index (χ1n) is 5.64. The highest BCUT2D eigenvalue weighted by Gasteiger charge is 2.09. The standard InChI is InChI=1S/C13H14BrNO2S2/c1-9-3-4-11(19(2,16)17)6-12(9)15-7-10-5-13(14)18-8-10/h3-6,8,15H,7H2,1-2H3. The second-order valence-corrected chi connectivity index (χ2v) is 8.67. The van der Waals surface area contributed by atoms with Gasteiger partial charge in [0.25, 0.3) is 0 Å². The summed E-state index contributed by atoms with van der Waals surface area (Å²) in [6.07, 6.45) is 1.22. The molecule has 0 amide bonds. The molecule has 1 aromatic heterocycles. The van der Waals surface area contributed by atoms with Gasteiger partial charge in [0.2, 0.25) is 0 Å². The third kappa shape index (κ3) is 3.81. The number of nitrogens with one attached hydrogen (secondary N) is 1. The second-order valence-electron chi connectivity index (χ2n) is 4.36. The van der Waals surface area contributed by atoms with Gasteiger partial charge in [-0.1, -0.05) is 6.07 Å². The van der Waals surface area contributed by atoms with Crippen LogP contribution in [0.2, 0.25) is 0 Å². The van der Waals surface area contributed by atoms with Gasteiger partial charge in [-0.2, -0.15) is 0 Å². The van der Waals surface area contributed by atoms with Crippen LogP contribution in [-0.4, -0.2) is 14.7 Å². The lowest BCUT2D eigenvalue weighted by Gasteiger charge is -2.10. The van der Waals surface area contributed by atoms with Gasteiger partial charge >= 0.3 is 0 Å². The van der Waals surface area contributed by atoms with Crippen LogP contribution in [0.5, 0.6) is 0 Å². The van der Waals surface area contributed by atoms with Crippen molar-refractivity contribution in [3.8, 4) is 0 Å². The second kappa shape index (κ2) is 5.64. The molecule has 1 aromatic carbocycles. The maximum absolute atomic E-state index is 11.5. The molecule has 0 radical (unpaired) electrons. The number of benzene rings is 1. The summed E-state index contributed by atoms with van der Waals surface area (Å²) >= 11 is 5.05. The van der Waals surface area contributed by atoms with E-state index in [0.717, 1.165) is 15.0 Å². The van der Waals surface area contributed by atoms with Gasteiger partial charge in [-0.05, 0) is 57.6 Å². The zero-order valence-electron chi connectivity index (χ0n) is 10.6. The van der Waals surface area contributed by atoms with Gasteiger partial charge in [-0.25, -0.2) is 8.42 Å². The quantitative estimate of drug-likeness (QED) is 0.901. The first-order valence-corrected chi connectivity index (χ1v) is 9.20. The summed E-state index contributed by atoms with van der Waals surface area (Å²) in [4.78, 5) is 0.340. The van der Waals surface area contributed by atoms with Crippen molar-refractivity contribution in [2.45, 2.75) is 18.4 Å². The summed E-state index contributed by atoms with van der Waals surface area (Å²) in [6.45, 7) is 2.63. The lowest BCUT2D eigenvalue weighted by Crippen LogP contribution is -2.03. The number of halogens is 1. The van der Waals surface area contributed by atoms with Gasteiger partial charge in [0.05, 0.1) is 8.68 Å². The lowest BCUT2D eigenvalue weighted by molar-refractivity contribution is 0.602. The normalized spacial score (nSPS) is 11.5. The van der Waals surface area contributed by atoms with Crippen LogP contribution < -0.4 is 5.32 Å². The van der Waals surface area contributed by atoms with Crippen molar-refractivity contribution in [2.75, 3.05) is 11.6 Å². The Hall–Kier alpha value is -0.850. The van der Waals surface area contributed by atoms with E-state index in [9.17, 15) is 8.42 Å². The maximum atomic E-state index is 11.5. The van der Waals surface area contributed by atoms with Crippen molar-refractivity contribution in [1.82, 2.24) is 0 Å².